The first-order chi connectivity index (χ1) is 12.4. The van der Waals surface area contributed by atoms with Crippen molar-refractivity contribution in [1.29, 1.82) is 0 Å². The summed E-state index contributed by atoms with van der Waals surface area (Å²) in [6.45, 7) is 7.20. The zero-order chi connectivity index (χ0) is 19.3. The zero-order valence-corrected chi connectivity index (χ0v) is 16.0. The SMILES string of the molecule is CCOC(=O)c1c(C)cc2c(C(=O)NCCCN(C)C)nncc2c1C. The van der Waals surface area contributed by atoms with Crippen LogP contribution < -0.4 is 5.32 Å². The molecule has 0 atom stereocenters. The number of hydrogen-bond acceptors (Lipinski definition) is 6. The van der Waals surface area contributed by atoms with Crippen LogP contribution >= 0.6 is 0 Å². The van der Waals surface area contributed by atoms with Crippen LogP contribution in [0.5, 0.6) is 0 Å². The van der Waals surface area contributed by atoms with E-state index >= 15 is 0 Å². The van der Waals surface area contributed by atoms with Crippen molar-refractivity contribution in [2.75, 3.05) is 33.8 Å². The molecule has 0 spiro atoms. The fraction of sp³-hybridized carbons (Fsp3) is 0.474. The molecule has 2 rings (SSSR count). The quantitative estimate of drug-likeness (QED) is 0.603. The molecule has 0 fully saturated rings. The van der Waals surface area contributed by atoms with Crippen LogP contribution in [0.25, 0.3) is 10.8 Å². The average molecular weight is 358 g/mol. The number of amides is 1. The van der Waals surface area contributed by atoms with Gasteiger partial charge in [-0.15, -0.1) is 5.10 Å². The number of rotatable bonds is 7. The van der Waals surface area contributed by atoms with E-state index in [1.807, 2.05) is 27.9 Å². The smallest absolute Gasteiger partial charge is 0.338 e. The topological polar surface area (TPSA) is 84.4 Å². The molecule has 140 valence electrons. The van der Waals surface area contributed by atoms with Gasteiger partial charge in [0.2, 0.25) is 0 Å². The van der Waals surface area contributed by atoms with Crippen LogP contribution in [-0.4, -0.2) is 60.8 Å². The first-order valence-corrected chi connectivity index (χ1v) is 8.72. The third-order valence-corrected chi connectivity index (χ3v) is 4.19. The number of nitrogens with zero attached hydrogens (tertiary/aromatic N) is 3. The van der Waals surface area contributed by atoms with E-state index in [-0.39, 0.29) is 17.6 Å². The Morgan fingerprint density at radius 3 is 2.62 bits per heavy atom. The molecule has 0 aliphatic rings. The number of benzene rings is 1. The minimum Gasteiger partial charge on any atom is -0.462 e. The molecule has 1 N–H and O–H groups in total. The minimum atomic E-state index is -0.365. The van der Waals surface area contributed by atoms with Crippen molar-refractivity contribution in [3.8, 4) is 0 Å². The lowest BCUT2D eigenvalue weighted by molar-refractivity contribution is 0.0525. The molecule has 7 heteroatoms. The predicted octanol–water partition coefficient (Wildman–Crippen LogP) is 2.10. The van der Waals surface area contributed by atoms with Crippen LogP contribution in [0.3, 0.4) is 0 Å². The summed E-state index contributed by atoms with van der Waals surface area (Å²) in [4.78, 5) is 26.8. The lowest BCUT2D eigenvalue weighted by Gasteiger charge is -2.14. The summed E-state index contributed by atoms with van der Waals surface area (Å²) in [5, 5.41) is 12.3. The maximum Gasteiger partial charge on any atom is 0.338 e. The first kappa shape index (κ1) is 19.8. The number of aryl methyl sites for hydroxylation is 2. The lowest BCUT2D eigenvalue weighted by Crippen LogP contribution is -2.28. The van der Waals surface area contributed by atoms with Crippen molar-refractivity contribution in [1.82, 2.24) is 20.4 Å². The van der Waals surface area contributed by atoms with Gasteiger partial charge in [-0.2, -0.15) is 5.10 Å². The molecule has 0 radical (unpaired) electrons. The van der Waals surface area contributed by atoms with Gasteiger partial charge in [-0.3, -0.25) is 4.79 Å². The summed E-state index contributed by atoms with van der Waals surface area (Å²) in [5.41, 5.74) is 2.29. The third kappa shape index (κ3) is 4.35. The van der Waals surface area contributed by atoms with Gasteiger partial charge in [-0.05, 0) is 65.0 Å². The van der Waals surface area contributed by atoms with Crippen molar-refractivity contribution in [3.63, 3.8) is 0 Å². The summed E-state index contributed by atoms with van der Waals surface area (Å²) in [7, 11) is 3.98. The van der Waals surface area contributed by atoms with Crippen LogP contribution in [0.4, 0.5) is 0 Å². The normalized spacial score (nSPS) is 11.0. The molecule has 0 aliphatic carbocycles. The Kier molecular flexibility index (Phi) is 6.63. The van der Waals surface area contributed by atoms with E-state index in [1.54, 1.807) is 19.2 Å². The molecule has 1 aromatic heterocycles. The summed E-state index contributed by atoms with van der Waals surface area (Å²) in [5.74, 6) is -0.625. The summed E-state index contributed by atoms with van der Waals surface area (Å²) in [6.07, 6.45) is 2.43. The molecule has 0 unspecified atom stereocenters. The maximum absolute atomic E-state index is 12.5. The largest absolute Gasteiger partial charge is 0.462 e. The van der Waals surface area contributed by atoms with Gasteiger partial charge in [-0.25, -0.2) is 4.79 Å². The number of aromatic nitrogens is 2. The Hall–Kier alpha value is -2.54. The van der Waals surface area contributed by atoms with Crippen LogP contribution in [-0.2, 0) is 4.74 Å². The molecule has 0 bridgehead atoms. The highest BCUT2D eigenvalue weighted by atomic mass is 16.5. The third-order valence-electron chi connectivity index (χ3n) is 4.19. The van der Waals surface area contributed by atoms with Gasteiger partial charge in [0, 0.05) is 17.3 Å². The number of esters is 1. The van der Waals surface area contributed by atoms with E-state index in [4.69, 9.17) is 4.74 Å². The molecule has 26 heavy (non-hydrogen) atoms. The van der Waals surface area contributed by atoms with Gasteiger partial charge < -0.3 is 15.0 Å². The highest BCUT2D eigenvalue weighted by Gasteiger charge is 2.20. The van der Waals surface area contributed by atoms with Crippen LogP contribution in [0.2, 0.25) is 0 Å². The predicted molar refractivity (Wildman–Crippen MR) is 100 cm³/mol. The Morgan fingerprint density at radius 2 is 1.96 bits per heavy atom. The molecule has 1 amide bonds. The zero-order valence-electron chi connectivity index (χ0n) is 16.0. The van der Waals surface area contributed by atoms with E-state index in [1.165, 1.54) is 0 Å². The second-order valence-corrected chi connectivity index (χ2v) is 6.48. The van der Waals surface area contributed by atoms with E-state index in [0.717, 1.165) is 29.5 Å². The molecule has 1 heterocycles. The van der Waals surface area contributed by atoms with Gasteiger partial charge in [0.05, 0.1) is 18.4 Å². The number of carbonyl (C=O) groups is 2. The standard InChI is InChI=1S/C19H26N4O3/c1-6-26-19(25)16-12(2)10-14-15(13(16)3)11-21-22-17(14)18(24)20-8-7-9-23(4)5/h10-11H,6-9H2,1-5H3,(H,20,24). The Labute approximate surface area is 153 Å². The summed E-state index contributed by atoms with van der Waals surface area (Å²) in [6, 6.07) is 1.80. The Bertz CT molecular complexity index is 818. The minimum absolute atomic E-state index is 0.260. The van der Waals surface area contributed by atoms with E-state index in [0.29, 0.717) is 24.1 Å². The average Bonchev–Trinajstić information content (AvgIpc) is 2.58. The summed E-state index contributed by atoms with van der Waals surface area (Å²) < 4.78 is 5.14. The monoisotopic (exact) mass is 358 g/mol. The Morgan fingerprint density at radius 1 is 1.23 bits per heavy atom. The second kappa shape index (κ2) is 8.71. The van der Waals surface area contributed by atoms with Gasteiger partial charge in [-0.1, -0.05) is 0 Å². The molecule has 1 aromatic carbocycles. The number of fused-ring (bicyclic) bond motifs is 1. The van der Waals surface area contributed by atoms with Crippen LogP contribution in [0, 0.1) is 13.8 Å². The van der Waals surface area contributed by atoms with E-state index in [9.17, 15) is 9.59 Å². The highest BCUT2D eigenvalue weighted by Crippen LogP contribution is 2.27. The Balaban J connectivity index is 2.35. The fourth-order valence-electron chi connectivity index (χ4n) is 2.93. The van der Waals surface area contributed by atoms with Gasteiger partial charge in [0.15, 0.2) is 5.69 Å². The van der Waals surface area contributed by atoms with Crippen molar-refractivity contribution in [2.45, 2.75) is 27.2 Å². The number of ether oxygens (including phenoxy) is 1. The lowest BCUT2D eigenvalue weighted by atomic mass is 9.96. The van der Waals surface area contributed by atoms with Crippen LogP contribution in [0.15, 0.2) is 12.3 Å². The maximum atomic E-state index is 12.5. The molecule has 0 saturated carbocycles. The van der Waals surface area contributed by atoms with Crippen molar-refractivity contribution >= 4 is 22.6 Å². The van der Waals surface area contributed by atoms with Gasteiger partial charge in [0.25, 0.3) is 5.91 Å². The number of hydrogen-bond donors (Lipinski definition) is 1. The molecular formula is C19H26N4O3. The molecule has 7 nitrogen and oxygen atoms in total. The number of carbonyl (C=O) groups excluding carboxylic acids is 2. The van der Waals surface area contributed by atoms with Crippen molar-refractivity contribution in [3.05, 3.63) is 34.6 Å². The molecular weight excluding hydrogens is 332 g/mol. The fourth-order valence-corrected chi connectivity index (χ4v) is 2.93. The number of nitrogens with one attached hydrogen (secondary N) is 1. The second-order valence-electron chi connectivity index (χ2n) is 6.48. The van der Waals surface area contributed by atoms with Gasteiger partial charge >= 0.3 is 5.97 Å². The van der Waals surface area contributed by atoms with Crippen LogP contribution in [0.1, 0.15) is 45.3 Å². The van der Waals surface area contributed by atoms with Crippen molar-refractivity contribution in [2.24, 2.45) is 0 Å². The van der Waals surface area contributed by atoms with E-state index in [2.05, 4.69) is 20.4 Å². The highest BCUT2D eigenvalue weighted by molar-refractivity contribution is 6.08. The molecule has 0 saturated heterocycles. The van der Waals surface area contributed by atoms with Gasteiger partial charge in [0.1, 0.15) is 0 Å². The first-order valence-electron chi connectivity index (χ1n) is 8.72. The van der Waals surface area contributed by atoms with E-state index < -0.39 is 0 Å². The molecule has 0 aliphatic heterocycles. The summed E-state index contributed by atoms with van der Waals surface area (Å²) >= 11 is 0. The van der Waals surface area contributed by atoms with Crippen molar-refractivity contribution < 1.29 is 14.3 Å². The molecule has 2 aromatic rings.